The minimum atomic E-state index is -0.950. The van der Waals surface area contributed by atoms with Gasteiger partial charge in [0.15, 0.2) is 0 Å². The first-order valence-corrected chi connectivity index (χ1v) is 6.29. The molecular formula is C14H18O4. The lowest BCUT2D eigenvalue weighted by molar-refractivity contribution is 0.0696. The molecule has 4 heteroatoms. The average molecular weight is 250 g/mol. The first kappa shape index (κ1) is 12.9. The molecule has 0 bridgehead atoms. The van der Waals surface area contributed by atoms with E-state index in [1.807, 2.05) is 0 Å². The van der Waals surface area contributed by atoms with E-state index in [1.54, 1.807) is 18.2 Å². The fourth-order valence-electron chi connectivity index (χ4n) is 2.35. The Labute approximate surface area is 106 Å². The molecule has 2 N–H and O–H groups in total. The zero-order chi connectivity index (χ0) is 13.0. The van der Waals surface area contributed by atoms with Crippen LogP contribution in [0.2, 0.25) is 0 Å². The van der Waals surface area contributed by atoms with Crippen LogP contribution in [0.25, 0.3) is 0 Å². The highest BCUT2D eigenvalue weighted by atomic mass is 16.5. The second-order valence-corrected chi connectivity index (χ2v) is 4.83. The van der Waals surface area contributed by atoms with Crippen LogP contribution in [0.1, 0.15) is 36.0 Å². The molecule has 0 heterocycles. The Balaban J connectivity index is 1.89. The van der Waals surface area contributed by atoms with E-state index in [4.69, 9.17) is 9.84 Å². The average Bonchev–Trinajstić information content (AvgIpc) is 2.37. The van der Waals surface area contributed by atoms with Crippen molar-refractivity contribution in [3.8, 4) is 5.75 Å². The van der Waals surface area contributed by atoms with Gasteiger partial charge in [0.05, 0.1) is 18.3 Å². The number of hydrogen-bond donors (Lipinski definition) is 2. The molecule has 0 saturated heterocycles. The summed E-state index contributed by atoms with van der Waals surface area (Å²) in [5, 5.41) is 18.4. The number of hydrogen-bond acceptors (Lipinski definition) is 3. The van der Waals surface area contributed by atoms with Gasteiger partial charge in [-0.05, 0) is 43.4 Å². The van der Waals surface area contributed by atoms with Crippen LogP contribution in [0.4, 0.5) is 0 Å². The van der Waals surface area contributed by atoms with E-state index in [2.05, 4.69) is 0 Å². The smallest absolute Gasteiger partial charge is 0.335 e. The molecule has 1 aromatic carbocycles. The summed E-state index contributed by atoms with van der Waals surface area (Å²) < 4.78 is 5.61. The molecule has 1 aromatic rings. The van der Waals surface area contributed by atoms with Gasteiger partial charge in [-0.3, -0.25) is 0 Å². The van der Waals surface area contributed by atoms with Gasteiger partial charge in [0.2, 0.25) is 0 Å². The number of aliphatic hydroxyl groups excluding tert-OH is 1. The topological polar surface area (TPSA) is 66.8 Å². The minimum absolute atomic E-state index is 0.210. The number of aromatic carboxylic acids is 1. The van der Waals surface area contributed by atoms with Crippen LogP contribution in [0.3, 0.4) is 0 Å². The van der Waals surface area contributed by atoms with Crippen LogP contribution >= 0.6 is 0 Å². The fraction of sp³-hybridized carbons (Fsp3) is 0.500. The fourth-order valence-corrected chi connectivity index (χ4v) is 2.35. The molecule has 0 aromatic heterocycles. The number of carboxylic acids is 1. The van der Waals surface area contributed by atoms with E-state index < -0.39 is 5.97 Å². The highest BCUT2D eigenvalue weighted by Crippen LogP contribution is 2.25. The highest BCUT2D eigenvalue weighted by molar-refractivity contribution is 5.87. The lowest BCUT2D eigenvalue weighted by Crippen LogP contribution is -2.24. The first-order valence-electron chi connectivity index (χ1n) is 6.29. The molecular weight excluding hydrogens is 232 g/mol. The predicted octanol–water partition coefficient (Wildman–Crippen LogP) is 2.31. The summed E-state index contributed by atoms with van der Waals surface area (Å²) in [6.07, 6.45) is 3.54. The van der Waals surface area contributed by atoms with Crippen molar-refractivity contribution >= 4 is 5.97 Å². The van der Waals surface area contributed by atoms with Crippen LogP contribution in [-0.2, 0) is 0 Å². The summed E-state index contributed by atoms with van der Waals surface area (Å²) in [4.78, 5) is 10.8. The monoisotopic (exact) mass is 250 g/mol. The zero-order valence-corrected chi connectivity index (χ0v) is 10.2. The lowest BCUT2D eigenvalue weighted by Gasteiger charge is -2.25. The Morgan fingerprint density at radius 1 is 1.39 bits per heavy atom. The molecule has 18 heavy (non-hydrogen) atoms. The molecule has 2 rings (SSSR count). The highest BCUT2D eigenvalue weighted by Gasteiger charge is 2.20. The van der Waals surface area contributed by atoms with E-state index in [1.165, 1.54) is 6.07 Å². The second kappa shape index (κ2) is 5.87. The summed E-state index contributed by atoms with van der Waals surface area (Å²) >= 11 is 0. The predicted molar refractivity (Wildman–Crippen MR) is 66.9 cm³/mol. The minimum Gasteiger partial charge on any atom is -0.493 e. The summed E-state index contributed by atoms with van der Waals surface area (Å²) in [7, 11) is 0. The van der Waals surface area contributed by atoms with E-state index >= 15 is 0 Å². The Bertz CT molecular complexity index is 416. The Hall–Kier alpha value is -1.55. The molecule has 1 aliphatic rings. The number of benzene rings is 1. The van der Waals surface area contributed by atoms with Crippen molar-refractivity contribution < 1.29 is 19.7 Å². The van der Waals surface area contributed by atoms with E-state index in [-0.39, 0.29) is 11.7 Å². The molecule has 1 aliphatic carbocycles. The maximum absolute atomic E-state index is 10.8. The molecule has 0 aliphatic heterocycles. The van der Waals surface area contributed by atoms with Gasteiger partial charge in [0.1, 0.15) is 5.75 Å². The van der Waals surface area contributed by atoms with E-state index in [0.717, 1.165) is 25.7 Å². The van der Waals surface area contributed by atoms with Gasteiger partial charge in [-0.25, -0.2) is 4.79 Å². The van der Waals surface area contributed by atoms with Crippen LogP contribution in [0, 0.1) is 5.92 Å². The lowest BCUT2D eigenvalue weighted by atomic mass is 9.88. The quantitative estimate of drug-likeness (QED) is 0.860. The van der Waals surface area contributed by atoms with Crippen molar-refractivity contribution in [2.24, 2.45) is 5.92 Å². The second-order valence-electron chi connectivity index (χ2n) is 4.83. The van der Waals surface area contributed by atoms with Crippen LogP contribution in [-0.4, -0.2) is 28.9 Å². The summed E-state index contributed by atoms with van der Waals surface area (Å²) in [5.74, 6) is -0.00858. The third kappa shape index (κ3) is 3.47. The molecule has 0 radical (unpaired) electrons. The van der Waals surface area contributed by atoms with Gasteiger partial charge < -0.3 is 14.9 Å². The molecule has 1 saturated carbocycles. The van der Waals surface area contributed by atoms with Crippen molar-refractivity contribution in [2.75, 3.05) is 6.61 Å². The van der Waals surface area contributed by atoms with Crippen LogP contribution in [0.15, 0.2) is 24.3 Å². The Kier molecular flexibility index (Phi) is 4.20. The SMILES string of the molecule is O=C(O)c1cccc(OCC2CCCC(O)C2)c1. The summed E-state index contributed by atoms with van der Waals surface area (Å²) in [6.45, 7) is 0.542. The normalized spacial score (nSPS) is 23.6. The number of aliphatic hydroxyl groups is 1. The van der Waals surface area contributed by atoms with Gasteiger partial charge in [-0.1, -0.05) is 12.5 Å². The van der Waals surface area contributed by atoms with Gasteiger partial charge in [0.25, 0.3) is 0 Å². The van der Waals surface area contributed by atoms with Crippen molar-refractivity contribution in [3.63, 3.8) is 0 Å². The number of carbonyl (C=O) groups is 1. The molecule has 98 valence electrons. The van der Waals surface area contributed by atoms with Gasteiger partial charge in [-0.2, -0.15) is 0 Å². The van der Waals surface area contributed by atoms with Crippen LogP contribution in [0.5, 0.6) is 5.75 Å². The molecule has 0 amide bonds. The van der Waals surface area contributed by atoms with Gasteiger partial charge >= 0.3 is 5.97 Å². The standard InChI is InChI=1S/C14H18O4/c15-12-5-1-3-10(7-12)9-18-13-6-2-4-11(8-13)14(16)17/h2,4,6,8,10,12,15H,1,3,5,7,9H2,(H,16,17). The maximum atomic E-state index is 10.8. The molecule has 0 spiro atoms. The van der Waals surface area contributed by atoms with Crippen molar-refractivity contribution in [2.45, 2.75) is 31.8 Å². The van der Waals surface area contributed by atoms with E-state index in [0.29, 0.717) is 18.3 Å². The summed E-state index contributed by atoms with van der Waals surface area (Å²) in [5.41, 5.74) is 0.233. The molecule has 1 fully saturated rings. The molecule has 4 nitrogen and oxygen atoms in total. The van der Waals surface area contributed by atoms with Gasteiger partial charge in [0, 0.05) is 0 Å². The Morgan fingerprint density at radius 3 is 2.94 bits per heavy atom. The first-order chi connectivity index (χ1) is 8.65. The van der Waals surface area contributed by atoms with Crippen LogP contribution < -0.4 is 4.74 Å². The summed E-state index contributed by atoms with van der Waals surface area (Å²) in [6, 6.07) is 6.50. The largest absolute Gasteiger partial charge is 0.493 e. The van der Waals surface area contributed by atoms with E-state index in [9.17, 15) is 9.90 Å². The Morgan fingerprint density at radius 2 is 2.22 bits per heavy atom. The van der Waals surface area contributed by atoms with Crippen molar-refractivity contribution in [3.05, 3.63) is 29.8 Å². The molecule has 2 unspecified atom stereocenters. The van der Waals surface area contributed by atoms with Gasteiger partial charge in [-0.15, -0.1) is 0 Å². The third-order valence-electron chi connectivity index (χ3n) is 3.32. The van der Waals surface area contributed by atoms with Crippen molar-refractivity contribution in [1.29, 1.82) is 0 Å². The number of rotatable bonds is 4. The maximum Gasteiger partial charge on any atom is 0.335 e. The van der Waals surface area contributed by atoms with Crippen molar-refractivity contribution in [1.82, 2.24) is 0 Å². The third-order valence-corrected chi connectivity index (χ3v) is 3.32. The molecule has 2 atom stereocenters. The zero-order valence-electron chi connectivity index (χ0n) is 10.2. The number of ether oxygens (including phenoxy) is 1. The number of carboxylic acid groups (broad SMARTS) is 1.